The molecule has 0 aliphatic carbocycles. The van der Waals surface area contributed by atoms with Crippen LogP contribution in [0.2, 0.25) is 0 Å². The lowest BCUT2D eigenvalue weighted by molar-refractivity contribution is -0.145. The molecule has 6 nitrogen and oxygen atoms in total. The van der Waals surface area contributed by atoms with Gasteiger partial charge in [-0.2, -0.15) is 5.10 Å². The number of amides is 2. The number of aryl methyl sites for hydroxylation is 2. The van der Waals surface area contributed by atoms with Crippen molar-refractivity contribution >= 4 is 11.8 Å². The highest BCUT2D eigenvalue weighted by atomic mass is 16.2. The zero-order chi connectivity index (χ0) is 14.4. The first-order valence-electron chi connectivity index (χ1n) is 6.45. The third-order valence-electron chi connectivity index (χ3n) is 3.00. The highest BCUT2D eigenvalue weighted by molar-refractivity contribution is 6.34. The number of nitrogens with zero attached hydrogens (tertiary/aromatic N) is 3. The Balaban J connectivity index is 0.000000218. The SMILES string of the molecule is CC1CCCN(C(=O)C(N)=O)C1.Cc1ccn(C)n1. The van der Waals surface area contributed by atoms with Crippen molar-refractivity contribution in [2.75, 3.05) is 13.1 Å². The van der Waals surface area contributed by atoms with Gasteiger partial charge in [0.05, 0.1) is 5.69 Å². The molecule has 1 fully saturated rings. The molecule has 0 spiro atoms. The average molecular weight is 266 g/mol. The van der Waals surface area contributed by atoms with Gasteiger partial charge in [0.1, 0.15) is 0 Å². The van der Waals surface area contributed by atoms with Crippen LogP contribution in [0.15, 0.2) is 12.3 Å². The summed E-state index contributed by atoms with van der Waals surface area (Å²) >= 11 is 0. The lowest BCUT2D eigenvalue weighted by Crippen LogP contribution is -2.45. The standard InChI is InChI=1S/C8H14N2O2.C5H8N2/c1-6-3-2-4-10(5-6)8(12)7(9)11;1-5-3-4-7(2)6-5/h6H,2-5H2,1H3,(H2,9,11);3-4H,1-2H3. The van der Waals surface area contributed by atoms with E-state index in [4.69, 9.17) is 5.73 Å². The monoisotopic (exact) mass is 266 g/mol. The summed E-state index contributed by atoms with van der Waals surface area (Å²) < 4.78 is 1.79. The minimum absolute atomic E-state index is 0.488. The van der Waals surface area contributed by atoms with Crippen molar-refractivity contribution in [1.29, 1.82) is 0 Å². The minimum atomic E-state index is -0.843. The van der Waals surface area contributed by atoms with Crippen LogP contribution < -0.4 is 5.73 Å². The molecule has 1 atom stereocenters. The highest BCUT2D eigenvalue weighted by Crippen LogP contribution is 2.14. The molecule has 2 heterocycles. The summed E-state index contributed by atoms with van der Waals surface area (Å²) in [6.07, 6.45) is 4.03. The number of carbonyl (C=O) groups is 2. The zero-order valence-electron chi connectivity index (χ0n) is 11.8. The summed E-state index contributed by atoms with van der Waals surface area (Å²) in [6, 6.07) is 1.97. The molecule has 19 heavy (non-hydrogen) atoms. The molecular formula is C13H22N4O2. The maximum Gasteiger partial charge on any atom is 0.311 e. The third kappa shape index (κ3) is 5.11. The van der Waals surface area contributed by atoms with Gasteiger partial charge in [-0.05, 0) is 31.7 Å². The number of aromatic nitrogens is 2. The predicted octanol–water partition coefficient (Wildman–Crippen LogP) is 0.459. The van der Waals surface area contributed by atoms with Gasteiger partial charge in [0.2, 0.25) is 0 Å². The Morgan fingerprint density at radius 3 is 2.53 bits per heavy atom. The quantitative estimate of drug-likeness (QED) is 0.693. The van der Waals surface area contributed by atoms with Gasteiger partial charge in [-0.25, -0.2) is 0 Å². The van der Waals surface area contributed by atoms with Crippen LogP contribution in [0.3, 0.4) is 0 Å². The summed E-state index contributed by atoms with van der Waals surface area (Å²) in [5.41, 5.74) is 5.95. The van der Waals surface area contributed by atoms with Gasteiger partial charge < -0.3 is 10.6 Å². The Labute approximate surface area is 113 Å². The zero-order valence-corrected chi connectivity index (χ0v) is 11.8. The van der Waals surface area contributed by atoms with Crippen molar-refractivity contribution < 1.29 is 9.59 Å². The van der Waals surface area contributed by atoms with E-state index >= 15 is 0 Å². The number of likely N-dealkylation sites (tertiary alicyclic amines) is 1. The molecule has 0 saturated carbocycles. The molecule has 2 amide bonds. The van der Waals surface area contributed by atoms with E-state index < -0.39 is 11.8 Å². The Morgan fingerprint density at radius 2 is 2.16 bits per heavy atom. The maximum atomic E-state index is 11.1. The molecule has 0 aromatic carbocycles. The number of carbonyl (C=O) groups excluding carboxylic acids is 2. The van der Waals surface area contributed by atoms with Crippen LogP contribution in [0.25, 0.3) is 0 Å². The van der Waals surface area contributed by atoms with E-state index in [9.17, 15) is 9.59 Å². The fourth-order valence-electron chi connectivity index (χ4n) is 2.06. The van der Waals surface area contributed by atoms with E-state index in [1.54, 1.807) is 4.68 Å². The molecule has 0 bridgehead atoms. The van der Waals surface area contributed by atoms with E-state index in [0.29, 0.717) is 19.0 Å². The lowest BCUT2D eigenvalue weighted by atomic mass is 10.0. The molecule has 1 aliphatic heterocycles. The normalized spacial score (nSPS) is 18.5. The number of nitrogens with two attached hydrogens (primary N) is 1. The second-order valence-electron chi connectivity index (χ2n) is 4.99. The number of hydrogen-bond acceptors (Lipinski definition) is 3. The second kappa shape index (κ2) is 6.92. The van der Waals surface area contributed by atoms with E-state index in [1.165, 1.54) is 4.90 Å². The topological polar surface area (TPSA) is 81.2 Å². The number of hydrogen-bond donors (Lipinski definition) is 1. The third-order valence-corrected chi connectivity index (χ3v) is 3.00. The lowest BCUT2D eigenvalue weighted by Gasteiger charge is -2.29. The average Bonchev–Trinajstić information content (AvgIpc) is 2.73. The van der Waals surface area contributed by atoms with Gasteiger partial charge >= 0.3 is 11.8 Å². The summed E-state index contributed by atoms with van der Waals surface area (Å²) in [4.78, 5) is 23.2. The van der Waals surface area contributed by atoms with Crippen LogP contribution in [-0.4, -0.2) is 39.6 Å². The van der Waals surface area contributed by atoms with Gasteiger partial charge in [0.15, 0.2) is 0 Å². The molecule has 106 valence electrons. The van der Waals surface area contributed by atoms with Crippen LogP contribution in [0, 0.1) is 12.8 Å². The van der Waals surface area contributed by atoms with Crippen LogP contribution >= 0.6 is 0 Å². The summed E-state index contributed by atoms with van der Waals surface area (Å²) in [7, 11) is 1.91. The molecule has 0 radical (unpaired) electrons. The molecular weight excluding hydrogens is 244 g/mol. The molecule has 2 N–H and O–H groups in total. The van der Waals surface area contributed by atoms with E-state index in [2.05, 4.69) is 12.0 Å². The summed E-state index contributed by atoms with van der Waals surface area (Å²) in [5, 5.41) is 4.03. The van der Waals surface area contributed by atoms with E-state index in [-0.39, 0.29) is 0 Å². The second-order valence-corrected chi connectivity index (χ2v) is 4.99. The number of piperidine rings is 1. The highest BCUT2D eigenvalue weighted by Gasteiger charge is 2.23. The molecule has 1 aliphatic rings. The van der Waals surface area contributed by atoms with E-state index in [0.717, 1.165) is 18.5 Å². The summed E-state index contributed by atoms with van der Waals surface area (Å²) in [5.74, 6) is -0.896. The van der Waals surface area contributed by atoms with E-state index in [1.807, 2.05) is 26.2 Å². The molecule has 1 saturated heterocycles. The molecule has 1 unspecified atom stereocenters. The smallest absolute Gasteiger partial charge is 0.311 e. The van der Waals surface area contributed by atoms with Crippen molar-refractivity contribution in [2.24, 2.45) is 18.7 Å². The summed E-state index contributed by atoms with van der Waals surface area (Å²) in [6.45, 7) is 5.38. The Bertz CT molecular complexity index is 425. The maximum absolute atomic E-state index is 11.1. The van der Waals surface area contributed by atoms with Crippen LogP contribution in [0.1, 0.15) is 25.5 Å². The van der Waals surface area contributed by atoms with Crippen molar-refractivity contribution in [3.8, 4) is 0 Å². The number of primary amides is 1. The first kappa shape index (κ1) is 15.2. The van der Waals surface area contributed by atoms with Gasteiger partial charge in [0.25, 0.3) is 0 Å². The minimum Gasteiger partial charge on any atom is -0.361 e. The predicted molar refractivity (Wildman–Crippen MR) is 72.1 cm³/mol. The van der Waals surface area contributed by atoms with Gasteiger partial charge in [0, 0.05) is 26.3 Å². The molecule has 6 heteroatoms. The van der Waals surface area contributed by atoms with Crippen LogP contribution in [0.5, 0.6) is 0 Å². The Morgan fingerprint density at radius 1 is 1.47 bits per heavy atom. The number of rotatable bonds is 0. The first-order valence-corrected chi connectivity index (χ1v) is 6.45. The van der Waals surface area contributed by atoms with Crippen molar-refractivity contribution in [1.82, 2.24) is 14.7 Å². The first-order chi connectivity index (χ1) is 8.90. The molecule has 2 rings (SSSR count). The molecule has 1 aromatic rings. The van der Waals surface area contributed by atoms with Gasteiger partial charge in [-0.15, -0.1) is 0 Å². The van der Waals surface area contributed by atoms with Crippen LogP contribution in [-0.2, 0) is 16.6 Å². The Hall–Kier alpha value is -1.85. The largest absolute Gasteiger partial charge is 0.361 e. The van der Waals surface area contributed by atoms with Crippen molar-refractivity contribution in [3.63, 3.8) is 0 Å². The fourth-order valence-corrected chi connectivity index (χ4v) is 2.06. The van der Waals surface area contributed by atoms with Crippen molar-refractivity contribution in [3.05, 3.63) is 18.0 Å². The van der Waals surface area contributed by atoms with Crippen LogP contribution in [0.4, 0.5) is 0 Å². The fraction of sp³-hybridized carbons (Fsp3) is 0.615. The molecule has 1 aromatic heterocycles. The Kier molecular flexibility index (Phi) is 5.54. The van der Waals surface area contributed by atoms with Gasteiger partial charge in [-0.1, -0.05) is 6.92 Å². The van der Waals surface area contributed by atoms with Gasteiger partial charge in [-0.3, -0.25) is 14.3 Å². The van der Waals surface area contributed by atoms with Crippen molar-refractivity contribution in [2.45, 2.75) is 26.7 Å².